The van der Waals surface area contributed by atoms with Gasteiger partial charge >= 0.3 is 0 Å². The maximum Gasteiger partial charge on any atom is 0.0477 e. The Kier molecular flexibility index (Phi) is 6.73. The largest absolute Gasteiger partial charge is 0.385 e. The molecule has 0 fully saturated rings. The SMILES string of the molecule is COCCC(N)CN(C)Cc1ccccc1Br. The van der Waals surface area contributed by atoms with Gasteiger partial charge in [-0.2, -0.15) is 0 Å². The molecular weight excluding hydrogens is 280 g/mol. The first-order valence-corrected chi connectivity index (χ1v) is 6.59. The molecule has 0 spiro atoms. The minimum atomic E-state index is 0.169. The first kappa shape index (κ1) is 14.6. The fourth-order valence-electron chi connectivity index (χ4n) is 1.74. The fourth-order valence-corrected chi connectivity index (χ4v) is 2.15. The summed E-state index contributed by atoms with van der Waals surface area (Å²) in [5, 5.41) is 0. The van der Waals surface area contributed by atoms with E-state index in [1.807, 2.05) is 6.07 Å². The third-order valence-corrected chi connectivity index (χ3v) is 3.41. The highest BCUT2D eigenvalue weighted by Gasteiger charge is 2.08. The summed E-state index contributed by atoms with van der Waals surface area (Å²) in [5.74, 6) is 0. The highest BCUT2D eigenvalue weighted by atomic mass is 79.9. The molecule has 0 bridgehead atoms. The van der Waals surface area contributed by atoms with Gasteiger partial charge in [-0.15, -0.1) is 0 Å². The van der Waals surface area contributed by atoms with E-state index in [-0.39, 0.29) is 6.04 Å². The molecule has 1 atom stereocenters. The Hall–Kier alpha value is -0.420. The van der Waals surface area contributed by atoms with Crippen molar-refractivity contribution in [1.82, 2.24) is 4.90 Å². The summed E-state index contributed by atoms with van der Waals surface area (Å²) in [6, 6.07) is 8.44. The van der Waals surface area contributed by atoms with Crippen molar-refractivity contribution >= 4 is 15.9 Å². The van der Waals surface area contributed by atoms with Crippen LogP contribution in [-0.2, 0) is 11.3 Å². The highest BCUT2D eigenvalue weighted by Crippen LogP contribution is 2.17. The quantitative estimate of drug-likeness (QED) is 0.839. The number of nitrogens with two attached hydrogens (primary N) is 1. The molecule has 0 aliphatic carbocycles. The van der Waals surface area contributed by atoms with Crippen molar-refractivity contribution < 1.29 is 4.74 Å². The molecule has 0 saturated carbocycles. The molecular formula is C13H21BrN2O. The minimum absolute atomic E-state index is 0.169. The maximum atomic E-state index is 6.02. The second-order valence-corrected chi connectivity index (χ2v) is 5.18. The summed E-state index contributed by atoms with van der Waals surface area (Å²) in [5.41, 5.74) is 7.31. The molecule has 1 unspecified atom stereocenters. The lowest BCUT2D eigenvalue weighted by molar-refractivity contribution is 0.179. The van der Waals surface area contributed by atoms with E-state index in [0.29, 0.717) is 0 Å². The van der Waals surface area contributed by atoms with Crippen molar-refractivity contribution in [2.75, 3.05) is 27.3 Å². The van der Waals surface area contributed by atoms with Crippen LogP contribution in [0.25, 0.3) is 0 Å². The van der Waals surface area contributed by atoms with Gasteiger partial charge in [0.25, 0.3) is 0 Å². The van der Waals surface area contributed by atoms with E-state index in [4.69, 9.17) is 10.5 Å². The Labute approximate surface area is 112 Å². The normalized spacial score (nSPS) is 13.0. The number of halogens is 1. The van der Waals surface area contributed by atoms with Crippen LogP contribution in [0.1, 0.15) is 12.0 Å². The Morgan fingerprint density at radius 2 is 2.12 bits per heavy atom. The van der Waals surface area contributed by atoms with E-state index < -0.39 is 0 Å². The average molecular weight is 301 g/mol. The van der Waals surface area contributed by atoms with E-state index in [1.165, 1.54) is 5.56 Å². The van der Waals surface area contributed by atoms with Crippen molar-refractivity contribution in [3.05, 3.63) is 34.3 Å². The molecule has 1 aromatic carbocycles. The minimum Gasteiger partial charge on any atom is -0.385 e. The Morgan fingerprint density at radius 1 is 1.41 bits per heavy atom. The van der Waals surface area contributed by atoms with Gasteiger partial charge in [0.2, 0.25) is 0 Å². The molecule has 3 nitrogen and oxygen atoms in total. The molecule has 0 aliphatic rings. The number of likely N-dealkylation sites (N-methyl/N-ethyl adjacent to an activating group) is 1. The zero-order chi connectivity index (χ0) is 12.7. The van der Waals surface area contributed by atoms with Crippen LogP contribution in [0.15, 0.2) is 28.7 Å². The van der Waals surface area contributed by atoms with Gasteiger partial charge in [-0.1, -0.05) is 34.1 Å². The number of hydrogen-bond acceptors (Lipinski definition) is 3. The van der Waals surface area contributed by atoms with Crippen LogP contribution in [0.4, 0.5) is 0 Å². The van der Waals surface area contributed by atoms with Gasteiger partial charge in [-0.3, -0.25) is 0 Å². The number of methoxy groups -OCH3 is 1. The highest BCUT2D eigenvalue weighted by molar-refractivity contribution is 9.10. The summed E-state index contributed by atoms with van der Waals surface area (Å²) in [4.78, 5) is 2.24. The Morgan fingerprint density at radius 3 is 2.76 bits per heavy atom. The van der Waals surface area contributed by atoms with Crippen LogP contribution in [0.2, 0.25) is 0 Å². The van der Waals surface area contributed by atoms with Gasteiger partial charge in [0.05, 0.1) is 0 Å². The molecule has 96 valence electrons. The molecule has 17 heavy (non-hydrogen) atoms. The van der Waals surface area contributed by atoms with Crippen LogP contribution in [0.3, 0.4) is 0 Å². The summed E-state index contributed by atoms with van der Waals surface area (Å²) in [6.45, 7) is 2.51. The molecule has 0 amide bonds. The Bertz CT molecular complexity index is 333. The van der Waals surface area contributed by atoms with E-state index in [2.05, 4.69) is 46.1 Å². The fraction of sp³-hybridized carbons (Fsp3) is 0.538. The summed E-state index contributed by atoms with van der Waals surface area (Å²) in [6.07, 6.45) is 0.900. The van der Waals surface area contributed by atoms with Crippen LogP contribution in [0.5, 0.6) is 0 Å². The lowest BCUT2D eigenvalue weighted by atomic mass is 10.2. The number of hydrogen-bond donors (Lipinski definition) is 1. The van der Waals surface area contributed by atoms with Gasteiger partial charge in [0.1, 0.15) is 0 Å². The van der Waals surface area contributed by atoms with Gasteiger partial charge in [0, 0.05) is 37.3 Å². The van der Waals surface area contributed by atoms with Crippen LogP contribution in [0, 0.1) is 0 Å². The lowest BCUT2D eigenvalue weighted by Gasteiger charge is -2.21. The van der Waals surface area contributed by atoms with Gasteiger partial charge in [0.15, 0.2) is 0 Å². The second-order valence-electron chi connectivity index (χ2n) is 4.33. The molecule has 1 rings (SSSR count). The standard InChI is InChI=1S/C13H21BrN2O/c1-16(10-12(15)7-8-17-2)9-11-5-3-4-6-13(11)14/h3-6,12H,7-10,15H2,1-2H3. The van der Waals surface area contributed by atoms with Crippen LogP contribution in [-0.4, -0.2) is 38.3 Å². The van der Waals surface area contributed by atoms with Crippen LogP contribution >= 0.6 is 15.9 Å². The maximum absolute atomic E-state index is 6.02. The third kappa shape index (κ3) is 5.64. The van der Waals surface area contributed by atoms with Crippen molar-refractivity contribution in [3.8, 4) is 0 Å². The van der Waals surface area contributed by atoms with Crippen LogP contribution < -0.4 is 5.73 Å². The number of benzene rings is 1. The number of rotatable bonds is 7. The predicted octanol–water partition coefficient (Wildman–Crippen LogP) is 2.24. The van der Waals surface area contributed by atoms with E-state index in [9.17, 15) is 0 Å². The van der Waals surface area contributed by atoms with Crippen molar-refractivity contribution in [2.45, 2.75) is 19.0 Å². The zero-order valence-corrected chi connectivity index (χ0v) is 12.1. The van der Waals surface area contributed by atoms with E-state index in [1.54, 1.807) is 7.11 Å². The van der Waals surface area contributed by atoms with Crippen molar-refractivity contribution in [2.24, 2.45) is 5.73 Å². The summed E-state index contributed by atoms with van der Waals surface area (Å²) in [7, 11) is 3.80. The summed E-state index contributed by atoms with van der Waals surface area (Å²) < 4.78 is 6.18. The van der Waals surface area contributed by atoms with Crippen molar-refractivity contribution in [1.29, 1.82) is 0 Å². The molecule has 0 aromatic heterocycles. The number of nitrogens with zero attached hydrogens (tertiary/aromatic N) is 1. The van der Waals surface area contributed by atoms with E-state index >= 15 is 0 Å². The molecule has 1 aromatic rings. The average Bonchev–Trinajstić information content (AvgIpc) is 2.29. The predicted molar refractivity (Wildman–Crippen MR) is 74.9 cm³/mol. The zero-order valence-electron chi connectivity index (χ0n) is 10.5. The van der Waals surface area contributed by atoms with Crippen molar-refractivity contribution in [3.63, 3.8) is 0 Å². The Balaban J connectivity index is 2.39. The molecule has 0 radical (unpaired) electrons. The van der Waals surface area contributed by atoms with Gasteiger partial charge in [-0.05, 0) is 25.1 Å². The lowest BCUT2D eigenvalue weighted by Crippen LogP contribution is -2.35. The van der Waals surface area contributed by atoms with Gasteiger partial charge in [-0.25, -0.2) is 0 Å². The first-order valence-electron chi connectivity index (χ1n) is 5.80. The number of ether oxygens (including phenoxy) is 1. The molecule has 0 saturated heterocycles. The smallest absolute Gasteiger partial charge is 0.0477 e. The molecule has 0 aliphatic heterocycles. The van der Waals surface area contributed by atoms with Gasteiger partial charge < -0.3 is 15.4 Å². The van der Waals surface area contributed by atoms with E-state index in [0.717, 1.165) is 30.6 Å². The second kappa shape index (κ2) is 7.82. The molecule has 0 heterocycles. The topological polar surface area (TPSA) is 38.5 Å². The summed E-state index contributed by atoms with van der Waals surface area (Å²) >= 11 is 3.56. The monoisotopic (exact) mass is 300 g/mol. The first-order chi connectivity index (χ1) is 8.13. The molecule has 4 heteroatoms. The third-order valence-electron chi connectivity index (χ3n) is 2.64. The molecule has 2 N–H and O–H groups in total.